The lowest BCUT2D eigenvalue weighted by molar-refractivity contribution is 0.374. The fourth-order valence-corrected chi connectivity index (χ4v) is 3.87. The summed E-state index contributed by atoms with van der Waals surface area (Å²) in [7, 11) is 0. The molecule has 0 spiro atoms. The second-order valence-corrected chi connectivity index (χ2v) is 7.97. The van der Waals surface area contributed by atoms with Gasteiger partial charge >= 0.3 is 0 Å². The van der Waals surface area contributed by atoms with Crippen molar-refractivity contribution in [2.75, 3.05) is 0 Å². The quantitative estimate of drug-likeness (QED) is 0.455. The average molecular weight is 355 g/mol. The van der Waals surface area contributed by atoms with Gasteiger partial charge < -0.3 is 10.2 Å². The summed E-state index contributed by atoms with van der Waals surface area (Å²) in [5, 5.41) is 19.3. The van der Waals surface area contributed by atoms with Crippen molar-refractivity contribution in [3.8, 4) is 11.5 Å². The first kappa shape index (κ1) is 20.4. The van der Waals surface area contributed by atoms with E-state index in [2.05, 4.69) is 32.9 Å². The van der Waals surface area contributed by atoms with E-state index in [0.717, 1.165) is 6.42 Å². The molecule has 2 aromatic carbocycles. The Morgan fingerprint density at radius 2 is 1.23 bits per heavy atom. The van der Waals surface area contributed by atoms with Crippen LogP contribution in [0.2, 0.25) is 0 Å². The molecule has 1 atom stereocenters. The smallest absolute Gasteiger partial charge is 0.115 e. The topological polar surface area (TPSA) is 40.5 Å². The largest absolute Gasteiger partial charge is 0.508 e. The molecule has 2 nitrogen and oxygen atoms in total. The van der Waals surface area contributed by atoms with Crippen LogP contribution in [0.1, 0.15) is 82.8 Å². The highest BCUT2D eigenvalue weighted by atomic mass is 16.3. The molecule has 0 fully saturated rings. The monoisotopic (exact) mass is 354 g/mol. The number of phenolic OH excluding ortho intramolecular Hbond substituents is 2. The second-order valence-electron chi connectivity index (χ2n) is 7.97. The van der Waals surface area contributed by atoms with E-state index in [1.807, 2.05) is 12.1 Å². The molecule has 142 valence electrons. The number of unbranched alkanes of at least 4 members (excludes halogenated alkanes) is 5. The van der Waals surface area contributed by atoms with Crippen molar-refractivity contribution < 1.29 is 10.2 Å². The molecule has 0 saturated carbocycles. The molecule has 0 aliphatic heterocycles. The van der Waals surface area contributed by atoms with E-state index in [1.54, 1.807) is 24.3 Å². The zero-order chi connectivity index (χ0) is 19.0. The molecule has 0 aliphatic carbocycles. The number of phenols is 2. The van der Waals surface area contributed by atoms with Gasteiger partial charge in [0.1, 0.15) is 11.5 Å². The summed E-state index contributed by atoms with van der Waals surface area (Å²) in [5.74, 6) is 0.995. The SMILES string of the molecule is CCCCCCCCC(c1ccc(O)cc1)C(C)(C)c1ccc(O)cc1. The van der Waals surface area contributed by atoms with Crippen LogP contribution in [0.25, 0.3) is 0 Å². The minimum absolute atomic E-state index is 0.0475. The van der Waals surface area contributed by atoms with Crippen LogP contribution >= 0.6 is 0 Å². The van der Waals surface area contributed by atoms with E-state index in [9.17, 15) is 10.2 Å². The van der Waals surface area contributed by atoms with Crippen LogP contribution in [0.4, 0.5) is 0 Å². The first-order valence-corrected chi connectivity index (χ1v) is 10.0. The molecule has 26 heavy (non-hydrogen) atoms. The molecule has 2 N–H and O–H groups in total. The van der Waals surface area contributed by atoms with Gasteiger partial charge in [0.2, 0.25) is 0 Å². The number of hydrogen-bond acceptors (Lipinski definition) is 2. The molecule has 0 aliphatic rings. The molecule has 0 aromatic heterocycles. The van der Waals surface area contributed by atoms with Gasteiger partial charge in [0.25, 0.3) is 0 Å². The van der Waals surface area contributed by atoms with Gasteiger partial charge in [0.15, 0.2) is 0 Å². The van der Waals surface area contributed by atoms with Gasteiger partial charge in [0.05, 0.1) is 0 Å². The van der Waals surface area contributed by atoms with Crippen LogP contribution in [-0.4, -0.2) is 10.2 Å². The highest BCUT2D eigenvalue weighted by Crippen LogP contribution is 2.42. The summed E-state index contributed by atoms with van der Waals surface area (Å²) in [6.07, 6.45) is 8.89. The summed E-state index contributed by atoms with van der Waals surface area (Å²) in [6.45, 7) is 6.82. The Kier molecular flexibility index (Phi) is 7.56. The molecule has 0 heterocycles. The normalized spacial score (nSPS) is 12.9. The molecular formula is C24H34O2. The molecule has 0 saturated heterocycles. The van der Waals surface area contributed by atoms with Crippen LogP contribution in [0.3, 0.4) is 0 Å². The van der Waals surface area contributed by atoms with Crippen LogP contribution in [0.15, 0.2) is 48.5 Å². The van der Waals surface area contributed by atoms with Crippen LogP contribution < -0.4 is 0 Å². The van der Waals surface area contributed by atoms with E-state index >= 15 is 0 Å². The van der Waals surface area contributed by atoms with Gasteiger partial charge in [-0.1, -0.05) is 83.6 Å². The van der Waals surface area contributed by atoms with Gasteiger partial charge in [-0.2, -0.15) is 0 Å². The van der Waals surface area contributed by atoms with Gasteiger partial charge in [-0.05, 0) is 53.1 Å². The van der Waals surface area contributed by atoms with Crippen molar-refractivity contribution >= 4 is 0 Å². The molecule has 2 heteroatoms. The Morgan fingerprint density at radius 3 is 1.81 bits per heavy atom. The number of rotatable bonds is 10. The molecule has 0 radical (unpaired) electrons. The predicted octanol–water partition coefficient (Wildman–Crippen LogP) is 6.91. The summed E-state index contributed by atoms with van der Waals surface area (Å²) in [6, 6.07) is 15.3. The summed E-state index contributed by atoms with van der Waals surface area (Å²) < 4.78 is 0. The standard InChI is InChI=1S/C24H34O2/c1-4-5-6-7-8-9-10-23(19-11-15-21(25)16-12-19)24(2,3)20-13-17-22(26)18-14-20/h11-18,23,25-26H,4-10H2,1-3H3. The zero-order valence-corrected chi connectivity index (χ0v) is 16.5. The van der Waals surface area contributed by atoms with E-state index in [1.165, 1.54) is 49.7 Å². The highest BCUT2D eigenvalue weighted by molar-refractivity contribution is 5.37. The first-order chi connectivity index (χ1) is 12.4. The molecule has 0 bridgehead atoms. The van der Waals surface area contributed by atoms with Gasteiger partial charge in [0, 0.05) is 0 Å². The fraction of sp³-hybridized carbons (Fsp3) is 0.500. The van der Waals surface area contributed by atoms with Crippen molar-refractivity contribution in [2.45, 2.75) is 77.0 Å². The summed E-state index contributed by atoms with van der Waals surface area (Å²) in [4.78, 5) is 0. The van der Waals surface area contributed by atoms with E-state index < -0.39 is 0 Å². The maximum Gasteiger partial charge on any atom is 0.115 e. The third-order valence-electron chi connectivity index (χ3n) is 5.62. The lowest BCUT2D eigenvalue weighted by Gasteiger charge is -2.36. The van der Waals surface area contributed by atoms with Crippen molar-refractivity contribution in [2.24, 2.45) is 0 Å². The predicted molar refractivity (Wildman–Crippen MR) is 110 cm³/mol. The van der Waals surface area contributed by atoms with Gasteiger partial charge in [-0.15, -0.1) is 0 Å². The average Bonchev–Trinajstić information content (AvgIpc) is 2.62. The van der Waals surface area contributed by atoms with E-state index in [0.29, 0.717) is 17.4 Å². The molecule has 0 amide bonds. The Morgan fingerprint density at radius 1 is 0.731 bits per heavy atom. The minimum atomic E-state index is -0.0475. The Hall–Kier alpha value is -1.96. The molecule has 2 rings (SSSR count). The highest BCUT2D eigenvalue weighted by Gasteiger charge is 2.32. The fourth-order valence-electron chi connectivity index (χ4n) is 3.87. The Balaban J connectivity index is 2.16. The third-order valence-corrected chi connectivity index (χ3v) is 5.62. The number of benzene rings is 2. The molecular weight excluding hydrogens is 320 g/mol. The molecule has 1 unspecified atom stereocenters. The third kappa shape index (κ3) is 5.52. The summed E-state index contributed by atoms with van der Waals surface area (Å²) in [5.41, 5.74) is 2.46. The maximum atomic E-state index is 9.66. The van der Waals surface area contributed by atoms with Crippen LogP contribution in [0.5, 0.6) is 11.5 Å². The van der Waals surface area contributed by atoms with Crippen LogP contribution in [-0.2, 0) is 5.41 Å². The van der Waals surface area contributed by atoms with Gasteiger partial charge in [-0.3, -0.25) is 0 Å². The zero-order valence-electron chi connectivity index (χ0n) is 16.5. The van der Waals surface area contributed by atoms with E-state index in [4.69, 9.17) is 0 Å². The van der Waals surface area contributed by atoms with Crippen molar-refractivity contribution in [1.82, 2.24) is 0 Å². The number of aromatic hydroxyl groups is 2. The Bertz CT molecular complexity index is 641. The van der Waals surface area contributed by atoms with Gasteiger partial charge in [-0.25, -0.2) is 0 Å². The second kappa shape index (κ2) is 9.66. The lowest BCUT2D eigenvalue weighted by atomic mass is 9.68. The van der Waals surface area contributed by atoms with E-state index in [-0.39, 0.29) is 5.41 Å². The van der Waals surface area contributed by atoms with Crippen molar-refractivity contribution in [3.63, 3.8) is 0 Å². The lowest BCUT2D eigenvalue weighted by Crippen LogP contribution is -2.27. The molecule has 2 aromatic rings. The van der Waals surface area contributed by atoms with Crippen LogP contribution in [0, 0.1) is 0 Å². The van der Waals surface area contributed by atoms with Crippen molar-refractivity contribution in [1.29, 1.82) is 0 Å². The Labute approximate surface area is 158 Å². The summed E-state index contributed by atoms with van der Waals surface area (Å²) >= 11 is 0. The maximum absolute atomic E-state index is 9.66. The van der Waals surface area contributed by atoms with Crippen molar-refractivity contribution in [3.05, 3.63) is 59.7 Å². The minimum Gasteiger partial charge on any atom is -0.508 e. The first-order valence-electron chi connectivity index (χ1n) is 10.0. The number of hydrogen-bond donors (Lipinski definition) is 2.